The Morgan fingerprint density at radius 3 is 2.25 bits per heavy atom. The van der Waals surface area contributed by atoms with E-state index in [9.17, 15) is 14.4 Å². The van der Waals surface area contributed by atoms with Gasteiger partial charge in [0.15, 0.2) is 0 Å². The molecule has 1 aliphatic carbocycles. The Kier molecular flexibility index (Phi) is 11.5. The van der Waals surface area contributed by atoms with Gasteiger partial charge in [-0.15, -0.1) is 0 Å². The molecular weight excluding hydrogens is 597 g/mol. The van der Waals surface area contributed by atoms with Crippen molar-refractivity contribution in [2.24, 2.45) is 11.8 Å². The Bertz CT molecular complexity index is 1440. The number of hydrogen-bond donors (Lipinski definition) is 1. The first-order valence-electron chi connectivity index (χ1n) is 15.0. The predicted octanol–water partition coefficient (Wildman–Crippen LogP) is 7.68. The third-order valence-electron chi connectivity index (χ3n) is 8.46. The van der Waals surface area contributed by atoms with E-state index in [4.69, 9.17) is 27.9 Å². The summed E-state index contributed by atoms with van der Waals surface area (Å²) >= 11 is 12.0. The van der Waals surface area contributed by atoms with E-state index in [-0.39, 0.29) is 29.3 Å². The molecule has 1 aliphatic heterocycles. The lowest BCUT2D eigenvalue weighted by atomic mass is 9.76. The van der Waals surface area contributed by atoms with Gasteiger partial charge in [0.1, 0.15) is 0 Å². The predicted molar refractivity (Wildman–Crippen MR) is 178 cm³/mol. The van der Waals surface area contributed by atoms with Gasteiger partial charge in [-0.05, 0) is 99.2 Å². The topological polar surface area (TPSA) is 79.0 Å². The molecule has 1 saturated carbocycles. The molecule has 3 aromatic rings. The number of likely N-dealkylation sites (tertiary alicyclic amines) is 1. The maximum Gasteiger partial charge on any atom is 0.337 e. The summed E-state index contributed by atoms with van der Waals surface area (Å²) in [6, 6.07) is 22.1. The van der Waals surface area contributed by atoms with E-state index in [1.165, 1.54) is 20.0 Å². The highest BCUT2D eigenvalue weighted by Crippen LogP contribution is 2.48. The number of rotatable bonds is 10. The lowest BCUT2D eigenvalue weighted by molar-refractivity contribution is -0.122. The molecule has 0 bridgehead atoms. The van der Waals surface area contributed by atoms with Gasteiger partial charge < -0.3 is 15.0 Å². The van der Waals surface area contributed by atoms with Crippen LogP contribution in [0.25, 0.3) is 0 Å². The number of benzene rings is 3. The van der Waals surface area contributed by atoms with Crippen LogP contribution in [0.15, 0.2) is 72.8 Å². The molecule has 1 heterocycles. The molecule has 0 spiro atoms. The minimum absolute atomic E-state index is 0.0335. The Morgan fingerprint density at radius 2 is 1.68 bits per heavy atom. The number of ether oxygens (including phenoxy) is 1. The first-order valence-corrected chi connectivity index (χ1v) is 15.8. The fourth-order valence-electron chi connectivity index (χ4n) is 6.08. The summed E-state index contributed by atoms with van der Waals surface area (Å²) in [6.07, 6.45) is 4.02. The first kappa shape index (κ1) is 33.5. The van der Waals surface area contributed by atoms with Crippen LogP contribution in [0.1, 0.15) is 61.9 Å². The van der Waals surface area contributed by atoms with Gasteiger partial charge in [-0.1, -0.05) is 48.3 Å². The highest BCUT2D eigenvalue weighted by molar-refractivity contribution is 6.31. The van der Waals surface area contributed by atoms with Crippen molar-refractivity contribution in [3.63, 3.8) is 0 Å². The molecule has 2 fully saturated rings. The zero-order valence-corrected chi connectivity index (χ0v) is 27.3. The van der Waals surface area contributed by atoms with E-state index in [1.54, 1.807) is 36.4 Å². The smallest absolute Gasteiger partial charge is 0.337 e. The van der Waals surface area contributed by atoms with Crippen LogP contribution in [-0.4, -0.2) is 55.5 Å². The second-order valence-corrected chi connectivity index (χ2v) is 12.8. The van der Waals surface area contributed by atoms with Gasteiger partial charge in [0, 0.05) is 52.5 Å². The second kappa shape index (κ2) is 15.1. The van der Waals surface area contributed by atoms with Gasteiger partial charge in [0.2, 0.25) is 12.3 Å². The molecule has 7 nitrogen and oxygen atoms in total. The van der Waals surface area contributed by atoms with Crippen molar-refractivity contribution in [3.8, 4) is 0 Å². The molecular formula is C35H41Cl2N3O4. The van der Waals surface area contributed by atoms with Gasteiger partial charge in [-0.3, -0.25) is 14.5 Å². The molecule has 2 amide bonds. The van der Waals surface area contributed by atoms with Crippen LogP contribution < -0.4 is 10.2 Å². The number of nitrogens with zero attached hydrogens (tertiary/aromatic N) is 2. The molecule has 1 N–H and O–H groups in total. The van der Waals surface area contributed by atoms with Gasteiger partial charge in [0.25, 0.3) is 0 Å². The zero-order valence-electron chi connectivity index (χ0n) is 25.8. The average molecular weight is 639 g/mol. The minimum Gasteiger partial charge on any atom is -0.465 e. The standard InChI is InChI=1S/C28H35ClN2O3.C7H6ClNO/c1-5-15-31(23-13-11-20(12-14-23)27(33)34-4)26(32)24-18-30(17-19-9-10-19)28(2,3)25(24)21-7-6-8-22(29)16-21;8-6-2-1-3-7(4-6)9-5-10/h6-8,11-14,16,19,24-25H,5,9-10,15,17-18H2,1-4H3;1-5H,(H,9,10)/t24-,25?;/m1./s1. The Morgan fingerprint density at radius 1 is 1.02 bits per heavy atom. The van der Waals surface area contributed by atoms with Crippen LogP contribution >= 0.6 is 23.2 Å². The third kappa shape index (κ3) is 8.20. The summed E-state index contributed by atoms with van der Waals surface area (Å²) in [7, 11) is 1.37. The summed E-state index contributed by atoms with van der Waals surface area (Å²) in [5.41, 5.74) is 2.95. The number of amides is 2. The number of nitrogens with one attached hydrogen (secondary N) is 1. The van der Waals surface area contributed by atoms with Gasteiger partial charge >= 0.3 is 5.97 Å². The lowest BCUT2D eigenvalue weighted by Gasteiger charge is -2.37. The molecule has 2 atom stereocenters. The van der Waals surface area contributed by atoms with Crippen molar-refractivity contribution in [3.05, 3.63) is 94.0 Å². The first-order chi connectivity index (χ1) is 21.1. The SMILES string of the molecule is CCCN(C(=O)[C@@H]1CN(CC2CC2)C(C)(C)C1c1cccc(Cl)c1)c1ccc(C(=O)OC)cc1.O=CNc1cccc(Cl)c1. The van der Waals surface area contributed by atoms with Crippen molar-refractivity contribution < 1.29 is 19.1 Å². The van der Waals surface area contributed by atoms with E-state index in [1.807, 2.05) is 35.2 Å². The number of hydrogen-bond acceptors (Lipinski definition) is 5. The van der Waals surface area contributed by atoms with Gasteiger partial charge in [-0.2, -0.15) is 0 Å². The van der Waals surface area contributed by atoms with Gasteiger partial charge in [-0.25, -0.2) is 4.79 Å². The highest BCUT2D eigenvalue weighted by atomic mass is 35.5. The number of esters is 1. The van der Waals surface area contributed by atoms with Crippen molar-refractivity contribution >= 4 is 52.9 Å². The molecule has 0 radical (unpaired) electrons. The summed E-state index contributed by atoms with van der Waals surface area (Å²) in [5.74, 6) is 0.342. The number of carbonyl (C=O) groups is 3. The second-order valence-electron chi connectivity index (χ2n) is 11.9. The fourth-order valence-corrected chi connectivity index (χ4v) is 6.47. The summed E-state index contributed by atoms with van der Waals surface area (Å²) in [6.45, 7) is 9.01. The van der Waals surface area contributed by atoms with E-state index in [2.05, 4.69) is 37.1 Å². The van der Waals surface area contributed by atoms with Crippen molar-refractivity contribution in [2.75, 3.05) is 37.0 Å². The minimum atomic E-state index is -0.380. The van der Waals surface area contributed by atoms with Crippen LogP contribution in [0.5, 0.6) is 0 Å². The number of carbonyl (C=O) groups excluding carboxylic acids is 3. The van der Waals surface area contributed by atoms with Crippen LogP contribution in [0.2, 0.25) is 10.0 Å². The zero-order chi connectivity index (χ0) is 31.9. The number of anilines is 2. The maximum absolute atomic E-state index is 14.2. The van der Waals surface area contributed by atoms with E-state index in [0.717, 1.165) is 36.7 Å². The van der Waals surface area contributed by atoms with Crippen LogP contribution in [-0.2, 0) is 14.3 Å². The highest BCUT2D eigenvalue weighted by Gasteiger charge is 2.52. The monoisotopic (exact) mass is 637 g/mol. The Balaban J connectivity index is 0.000000375. The maximum atomic E-state index is 14.2. The van der Waals surface area contributed by atoms with Crippen LogP contribution in [0.4, 0.5) is 11.4 Å². The summed E-state index contributed by atoms with van der Waals surface area (Å²) in [4.78, 5) is 40.4. The molecule has 3 aromatic carbocycles. The molecule has 234 valence electrons. The fraction of sp³-hybridized carbons (Fsp3) is 0.400. The Labute approximate surface area is 270 Å². The van der Waals surface area contributed by atoms with E-state index >= 15 is 0 Å². The summed E-state index contributed by atoms with van der Waals surface area (Å²) in [5, 5.41) is 3.80. The van der Waals surface area contributed by atoms with Crippen LogP contribution in [0, 0.1) is 11.8 Å². The largest absolute Gasteiger partial charge is 0.465 e. The normalized spacial score (nSPS) is 19.0. The quantitative estimate of drug-likeness (QED) is 0.182. The van der Waals surface area contributed by atoms with E-state index < -0.39 is 0 Å². The molecule has 9 heteroatoms. The molecule has 0 aromatic heterocycles. The van der Waals surface area contributed by atoms with Crippen molar-refractivity contribution in [1.82, 2.24) is 4.90 Å². The Hall–Kier alpha value is -3.39. The van der Waals surface area contributed by atoms with E-state index in [0.29, 0.717) is 34.3 Å². The molecule has 1 unspecified atom stereocenters. The lowest BCUT2D eigenvalue weighted by Crippen LogP contribution is -2.43. The number of methoxy groups -OCH3 is 1. The van der Waals surface area contributed by atoms with Crippen molar-refractivity contribution in [1.29, 1.82) is 0 Å². The number of halogens is 2. The van der Waals surface area contributed by atoms with Gasteiger partial charge in [0.05, 0.1) is 18.6 Å². The molecule has 2 aliphatic rings. The molecule has 5 rings (SSSR count). The summed E-state index contributed by atoms with van der Waals surface area (Å²) < 4.78 is 4.82. The molecule has 1 saturated heterocycles. The molecule has 44 heavy (non-hydrogen) atoms. The average Bonchev–Trinajstić information content (AvgIpc) is 3.78. The van der Waals surface area contributed by atoms with Crippen molar-refractivity contribution in [2.45, 2.75) is 51.5 Å². The van der Waals surface area contributed by atoms with Crippen LogP contribution in [0.3, 0.4) is 0 Å². The third-order valence-corrected chi connectivity index (χ3v) is 8.93.